The number of carbonyl (C=O) groups is 1. The molecule has 144 valence electrons. The van der Waals surface area contributed by atoms with Crippen LogP contribution in [-0.4, -0.2) is 36.7 Å². The molecule has 5 unspecified atom stereocenters. The van der Waals surface area contributed by atoms with Crippen LogP contribution in [0, 0.1) is 11.8 Å². The molecule has 4 nitrogen and oxygen atoms in total. The number of esters is 1. The first-order chi connectivity index (χ1) is 12.7. The number of hydrogen-bond acceptors (Lipinski definition) is 4. The highest BCUT2D eigenvalue weighted by Gasteiger charge is 2.41. The van der Waals surface area contributed by atoms with Crippen LogP contribution in [-0.2, 0) is 25.6 Å². The van der Waals surface area contributed by atoms with Gasteiger partial charge in [0.25, 0.3) is 0 Å². The van der Waals surface area contributed by atoms with Crippen LogP contribution in [0.3, 0.4) is 0 Å². The van der Waals surface area contributed by atoms with E-state index in [4.69, 9.17) is 14.2 Å². The van der Waals surface area contributed by atoms with E-state index in [1.807, 2.05) is 6.07 Å². The van der Waals surface area contributed by atoms with Crippen LogP contribution < -0.4 is 0 Å². The van der Waals surface area contributed by atoms with Crippen molar-refractivity contribution in [3.8, 4) is 0 Å². The average molecular weight is 425 g/mol. The maximum Gasteiger partial charge on any atom is 0.305 e. The van der Waals surface area contributed by atoms with Crippen molar-refractivity contribution in [2.24, 2.45) is 11.8 Å². The van der Waals surface area contributed by atoms with Crippen LogP contribution in [0.2, 0.25) is 0 Å². The van der Waals surface area contributed by atoms with E-state index >= 15 is 0 Å². The first-order valence-electron chi connectivity index (χ1n) is 9.63. The number of hydrogen-bond donors (Lipinski definition) is 0. The molecule has 0 N–H and O–H groups in total. The molecule has 0 radical (unpaired) electrons. The Morgan fingerprint density at radius 1 is 1.27 bits per heavy atom. The average Bonchev–Trinajstić information content (AvgIpc) is 3.10. The summed E-state index contributed by atoms with van der Waals surface area (Å²) >= 11 is 3.72. The smallest absolute Gasteiger partial charge is 0.305 e. The van der Waals surface area contributed by atoms with Gasteiger partial charge in [-0.3, -0.25) is 4.79 Å². The third-order valence-electron chi connectivity index (χ3n) is 5.63. The van der Waals surface area contributed by atoms with E-state index in [1.165, 1.54) is 25.5 Å². The summed E-state index contributed by atoms with van der Waals surface area (Å²) in [5.74, 6) is 1.10. The zero-order valence-electron chi connectivity index (χ0n) is 15.4. The predicted octanol–water partition coefficient (Wildman–Crippen LogP) is 4.49. The first kappa shape index (κ1) is 19.8. The maximum atomic E-state index is 11.3. The molecule has 1 saturated heterocycles. The molecule has 0 amide bonds. The normalized spacial score (nSPS) is 29.2. The van der Waals surface area contributed by atoms with E-state index in [0.29, 0.717) is 31.0 Å². The highest BCUT2D eigenvalue weighted by molar-refractivity contribution is 9.09. The van der Waals surface area contributed by atoms with Gasteiger partial charge in [-0.25, -0.2) is 0 Å². The molecule has 1 aromatic rings. The van der Waals surface area contributed by atoms with E-state index < -0.39 is 0 Å². The molecular formula is C21H29BrO4. The Bertz CT molecular complexity index is 564. The Labute approximate surface area is 164 Å². The summed E-state index contributed by atoms with van der Waals surface area (Å²) in [4.78, 5) is 11.6. The van der Waals surface area contributed by atoms with Crippen LogP contribution in [0.15, 0.2) is 30.3 Å². The molecule has 1 aromatic carbocycles. The molecule has 5 heteroatoms. The van der Waals surface area contributed by atoms with Crippen molar-refractivity contribution in [3.05, 3.63) is 35.9 Å². The van der Waals surface area contributed by atoms with Gasteiger partial charge in [0.2, 0.25) is 0 Å². The molecule has 0 aromatic heterocycles. The summed E-state index contributed by atoms with van der Waals surface area (Å²) in [5, 5.41) is 0. The van der Waals surface area contributed by atoms with Crippen molar-refractivity contribution in [1.82, 2.24) is 0 Å². The van der Waals surface area contributed by atoms with Crippen molar-refractivity contribution < 1.29 is 19.0 Å². The van der Waals surface area contributed by atoms with E-state index in [2.05, 4.69) is 40.2 Å². The topological polar surface area (TPSA) is 44.8 Å². The van der Waals surface area contributed by atoms with Crippen molar-refractivity contribution in [2.45, 2.75) is 62.2 Å². The number of carbonyl (C=O) groups excluding carboxylic acids is 1. The van der Waals surface area contributed by atoms with Crippen LogP contribution in [0.4, 0.5) is 0 Å². The van der Waals surface area contributed by atoms with Gasteiger partial charge >= 0.3 is 5.97 Å². The molecule has 1 heterocycles. The van der Waals surface area contributed by atoms with Gasteiger partial charge in [0.15, 0.2) is 0 Å². The van der Waals surface area contributed by atoms with Crippen molar-refractivity contribution >= 4 is 21.9 Å². The largest absolute Gasteiger partial charge is 0.469 e. The van der Waals surface area contributed by atoms with Gasteiger partial charge in [0.05, 0.1) is 25.9 Å². The van der Waals surface area contributed by atoms with E-state index in [-0.39, 0.29) is 16.9 Å². The number of methoxy groups -OCH3 is 1. The van der Waals surface area contributed by atoms with Crippen molar-refractivity contribution in [1.29, 1.82) is 0 Å². The lowest BCUT2D eigenvalue weighted by Gasteiger charge is -2.30. The minimum atomic E-state index is -0.152. The molecule has 0 spiro atoms. The summed E-state index contributed by atoms with van der Waals surface area (Å²) in [5.41, 5.74) is 1.23. The number of fused-ring (bicyclic) bond motifs is 1. The quantitative estimate of drug-likeness (QED) is 0.455. The molecule has 5 atom stereocenters. The molecular weight excluding hydrogens is 396 g/mol. The molecule has 2 fully saturated rings. The Hall–Kier alpha value is -0.910. The highest BCUT2D eigenvalue weighted by atomic mass is 79.9. The Morgan fingerprint density at radius 3 is 2.85 bits per heavy atom. The lowest BCUT2D eigenvalue weighted by atomic mass is 9.79. The molecule has 3 rings (SSSR count). The number of rotatable bonds is 8. The summed E-state index contributed by atoms with van der Waals surface area (Å²) in [7, 11) is 1.44. The number of ether oxygens (including phenoxy) is 3. The zero-order valence-corrected chi connectivity index (χ0v) is 17.0. The van der Waals surface area contributed by atoms with Crippen LogP contribution >= 0.6 is 15.9 Å². The molecule has 1 aliphatic heterocycles. The van der Waals surface area contributed by atoms with Gasteiger partial charge in [-0.15, -0.1) is 0 Å². The van der Waals surface area contributed by atoms with Gasteiger partial charge in [0, 0.05) is 17.9 Å². The fourth-order valence-electron chi connectivity index (χ4n) is 4.18. The second-order valence-electron chi connectivity index (χ2n) is 7.52. The molecule has 2 aliphatic rings. The van der Waals surface area contributed by atoms with Crippen LogP contribution in [0.5, 0.6) is 0 Å². The van der Waals surface area contributed by atoms with Crippen molar-refractivity contribution in [2.75, 3.05) is 13.7 Å². The highest BCUT2D eigenvalue weighted by Crippen LogP contribution is 2.42. The second-order valence-corrected chi connectivity index (χ2v) is 8.70. The van der Waals surface area contributed by atoms with Gasteiger partial charge in [-0.2, -0.15) is 0 Å². The number of halogens is 1. The number of benzene rings is 1. The standard InChI is InChI=1S/C21H29BrO4/c1-24-21(23)10-8-18(22)20-12-17-11-16(7-9-19(17)26-20)14-25-13-15-5-3-2-4-6-15/h2-6,16-20H,7-14H2,1H3. The summed E-state index contributed by atoms with van der Waals surface area (Å²) in [6.07, 6.45) is 6.36. The lowest BCUT2D eigenvalue weighted by molar-refractivity contribution is -0.140. The van der Waals surface area contributed by atoms with Gasteiger partial charge in [0.1, 0.15) is 0 Å². The Kier molecular flexibility index (Phi) is 7.52. The summed E-state index contributed by atoms with van der Waals surface area (Å²) in [6.45, 7) is 1.53. The first-order valence-corrected chi connectivity index (χ1v) is 10.5. The number of alkyl halides is 1. The molecule has 1 aliphatic carbocycles. The zero-order chi connectivity index (χ0) is 18.4. The Balaban J connectivity index is 1.39. The van der Waals surface area contributed by atoms with E-state index in [9.17, 15) is 4.79 Å². The van der Waals surface area contributed by atoms with Crippen LogP contribution in [0.1, 0.15) is 44.1 Å². The van der Waals surface area contributed by atoms with Crippen molar-refractivity contribution in [3.63, 3.8) is 0 Å². The second kappa shape index (κ2) is 9.86. The molecule has 0 bridgehead atoms. The summed E-state index contributed by atoms with van der Waals surface area (Å²) in [6, 6.07) is 10.4. The van der Waals surface area contributed by atoms with E-state index in [1.54, 1.807) is 0 Å². The fourth-order valence-corrected chi connectivity index (χ4v) is 4.75. The third-order valence-corrected chi connectivity index (χ3v) is 6.67. The van der Waals surface area contributed by atoms with Gasteiger partial charge in [-0.05, 0) is 49.5 Å². The monoisotopic (exact) mass is 424 g/mol. The third kappa shape index (κ3) is 5.54. The predicted molar refractivity (Wildman–Crippen MR) is 104 cm³/mol. The SMILES string of the molecule is COC(=O)CCC(Br)C1CC2CC(COCc3ccccc3)CCC2O1. The van der Waals surface area contributed by atoms with Gasteiger partial charge in [-0.1, -0.05) is 46.3 Å². The maximum absolute atomic E-state index is 11.3. The Morgan fingerprint density at radius 2 is 2.08 bits per heavy atom. The van der Waals surface area contributed by atoms with E-state index in [0.717, 1.165) is 25.9 Å². The molecule has 26 heavy (non-hydrogen) atoms. The minimum absolute atomic E-state index is 0.152. The minimum Gasteiger partial charge on any atom is -0.469 e. The lowest BCUT2D eigenvalue weighted by Crippen LogP contribution is -2.28. The summed E-state index contributed by atoms with van der Waals surface area (Å²) < 4.78 is 17.0. The van der Waals surface area contributed by atoms with Crippen LogP contribution in [0.25, 0.3) is 0 Å². The fraction of sp³-hybridized carbons (Fsp3) is 0.667. The van der Waals surface area contributed by atoms with Gasteiger partial charge < -0.3 is 14.2 Å². The molecule has 1 saturated carbocycles.